The van der Waals surface area contributed by atoms with Gasteiger partial charge in [0.15, 0.2) is 0 Å². The van der Waals surface area contributed by atoms with Crippen LogP contribution in [-0.2, 0) is 0 Å². The number of carbonyl (C=O) groups excluding carboxylic acids is 2. The lowest BCUT2D eigenvalue weighted by Gasteiger charge is -2.09. The zero-order chi connectivity index (χ0) is 13.0. The lowest BCUT2D eigenvalue weighted by Crippen LogP contribution is -2.11. The zero-order valence-corrected chi connectivity index (χ0v) is 9.50. The van der Waals surface area contributed by atoms with Crippen LogP contribution in [0.15, 0.2) is 48.5 Å². The van der Waals surface area contributed by atoms with Crippen LogP contribution >= 0.6 is 0 Å². The fourth-order valence-electron chi connectivity index (χ4n) is 1.54. The zero-order valence-electron chi connectivity index (χ0n) is 9.50. The maximum absolute atomic E-state index is 11.2. The highest BCUT2D eigenvalue weighted by atomic mass is 16.5. The predicted octanol–water partition coefficient (Wildman–Crippen LogP) is 2.39. The van der Waals surface area contributed by atoms with Crippen LogP contribution in [0.25, 0.3) is 0 Å². The third kappa shape index (κ3) is 2.55. The van der Waals surface area contributed by atoms with Gasteiger partial charge in [-0.2, -0.15) is 0 Å². The van der Waals surface area contributed by atoms with Gasteiger partial charge in [0.1, 0.15) is 17.8 Å². The summed E-state index contributed by atoms with van der Waals surface area (Å²) in [5, 5.41) is 0. The number of nitrogens with two attached hydrogens (primary N) is 1. The van der Waals surface area contributed by atoms with E-state index < -0.39 is 5.91 Å². The molecule has 0 aliphatic rings. The van der Waals surface area contributed by atoms with Gasteiger partial charge in [0.05, 0.1) is 5.56 Å². The molecule has 2 N–H and O–H groups in total. The Morgan fingerprint density at radius 3 is 2.61 bits per heavy atom. The molecule has 0 aliphatic heterocycles. The van der Waals surface area contributed by atoms with Gasteiger partial charge < -0.3 is 10.5 Å². The summed E-state index contributed by atoms with van der Waals surface area (Å²) in [5.41, 5.74) is 6.05. The molecule has 2 aromatic rings. The lowest BCUT2D eigenvalue weighted by atomic mass is 10.2. The Morgan fingerprint density at radius 2 is 1.89 bits per heavy atom. The molecule has 0 aromatic heterocycles. The number of benzene rings is 2. The lowest BCUT2D eigenvalue weighted by molar-refractivity contribution is 0.0997. The molecular formula is C14H11NO3. The molecule has 2 rings (SSSR count). The van der Waals surface area contributed by atoms with E-state index in [0.717, 1.165) is 6.29 Å². The minimum Gasteiger partial charge on any atom is -0.457 e. The second-order valence-corrected chi connectivity index (χ2v) is 3.65. The quantitative estimate of drug-likeness (QED) is 0.835. The van der Waals surface area contributed by atoms with E-state index in [2.05, 4.69) is 0 Å². The molecule has 0 saturated carbocycles. The first-order chi connectivity index (χ1) is 8.70. The van der Waals surface area contributed by atoms with Gasteiger partial charge in [-0.05, 0) is 24.3 Å². The number of amides is 1. The van der Waals surface area contributed by atoms with Crippen molar-refractivity contribution in [3.8, 4) is 11.5 Å². The van der Waals surface area contributed by atoms with Crippen molar-refractivity contribution in [2.45, 2.75) is 0 Å². The smallest absolute Gasteiger partial charge is 0.252 e. The molecule has 90 valence electrons. The molecule has 0 fully saturated rings. The van der Waals surface area contributed by atoms with Crippen LogP contribution in [-0.4, -0.2) is 12.2 Å². The second kappa shape index (κ2) is 5.14. The van der Waals surface area contributed by atoms with E-state index in [1.165, 1.54) is 0 Å². The highest BCUT2D eigenvalue weighted by Gasteiger charge is 2.09. The summed E-state index contributed by atoms with van der Waals surface area (Å²) in [4.78, 5) is 21.9. The largest absolute Gasteiger partial charge is 0.457 e. The van der Waals surface area contributed by atoms with E-state index in [0.29, 0.717) is 22.6 Å². The van der Waals surface area contributed by atoms with Crippen LogP contribution in [0.1, 0.15) is 20.7 Å². The van der Waals surface area contributed by atoms with E-state index in [9.17, 15) is 9.59 Å². The number of hydrogen-bond donors (Lipinski definition) is 1. The summed E-state index contributed by atoms with van der Waals surface area (Å²) in [6, 6.07) is 13.3. The molecule has 1 amide bonds. The Bertz CT molecular complexity index is 593. The van der Waals surface area contributed by atoms with Gasteiger partial charge >= 0.3 is 0 Å². The van der Waals surface area contributed by atoms with E-state index in [-0.39, 0.29) is 0 Å². The van der Waals surface area contributed by atoms with Gasteiger partial charge in [0, 0.05) is 5.56 Å². The third-order valence-corrected chi connectivity index (χ3v) is 2.37. The maximum atomic E-state index is 11.2. The van der Waals surface area contributed by atoms with Gasteiger partial charge in [-0.15, -0.1) is 0 Å². The standard InChI is InChI=1S/C14H11NO3/c15-14(17)12-6-1-2-7-13(12)18-11-5-3-4-10(8-11)9-16/h1-9H,(H2,15,17). The summed E-state index contributed by atoms with van der Waals surface area (Å²) >= 11 is 0. The van der Waals surface area contributed by atoms with Crippen molar-refractivity contribution in [3.63, 3.8) is 0 Å². The minimum atomic E-state index is -0.558. The first-order valence-corrected chi connectivity index (χ1v) is 5.32. The number of para-hydroxylation sites is 1. The maximum Gasteiger partial charge on any atom is 0.252 e. The Kier molecular flexibility index (Phi) is 3.38. The van der Waals surface area contributed by atoms with Crippen LogP contribution in [0.2, 0.25) is 0 Å². The summed E-state index contributed by atoms with van der Waals surface area (Å²) in [6.07, 6.45) is 0.729. The molecule has 2 aromatic carbocycles. The van der Waals surface area contributed by atoms with Gasteiger partial charge in [-0.3, -0.25) is 9.59 Å². The highest BCUT2D eigenvalue weighted by Crippen LogP contribution is 2.25. The Labute approximate surface area is 104 Å². The van der Waals surface area contributed by atoms with Gasteiger partial charge in [-0.1, -0.05) is 24.3 Å². The third-order valence-electron chi connectivity index (χ3n) is 2.37. The monoisotopic (exact) mass is 241 g/mol. The first-order valence-electron chi connectivity index (χ1n) is 5.32. The highest BCUT2D eigenvalue weighted by molar-refractivity contribution is 5.95. The van der Waals surface area contributed by atoms with Gasteiger partial charge in [0.2, 0.25) is 0 Å². The summed E-state index contributed by atoms with van der Waals surface area (Å²) in [6.45, 7) is 0. The Hall–Kier alpha value is -2.62. The molecule has 0 spiro atoms. The van der Waals surface area contributed by atoms with E-state index in [4.69, 9.17) is 10.5 Å². The molecule has 0 aliphatic carbocycles. The number of hydrogen-bond acceptors (Lipinski definition) is 3. The first kappa shape index (κ1) is 11.9. The molecule has 0 heterocycles. The number of aldehydes is 1. The molecule has 0 radical (unpaired) electrons. The second-order valence-electron chi connectivity index (χ2n) is 3.65. The fourth-order valence-corrected chi connectivity index (χ4v) is 1.54. The molecule has 4 heteroatoms. The van der Waals surface area contributed by atoms with Crippen molar-refractivity contribution in [1.29, 1.82) is 0 Å². The number of rotatable bonds is 4. The Balaban J connectivity index is 2.33. The normalized spacial score (nSPS) is 9.78. The van der Waals surface area contributed by atoms with Crippen molar-refractivity contribution in [2.75, 3.05) is 0 Å². The number of ether oxygens (including phenoxy) is 1. The average Bonchev–Trinajstić information content (AvgIpc) is 2.39. The van der Waals surface area contributed by atoms with Crippen molar-refractivity contribution in [1.82, 2.24) is 0 Å². The summed E-state index contributed by atoms with van der Waals surface area (Å²) < 4.78 is 5.55. The van der Waals surface area contributed by atoms with E-state index >= 15 is 0 Å². The van der Waals surface area contributed by atoms with Gasteiger partial charge in [-0.25, -0.2) is 0 Å². The van der Waals surface area contributed by atoms with Crippen LogP contribution in [0.3, 0.4) is 0 Å². The Morgan fingerprint density at radius 1 is 1.11 bits per heavy atom. The molecule has 4 nitrogen and oxygen atoms in total. The van der Waals surface area contributed by atoms with E-state index in [1.54, 1.807) is 48.5 Å². The summed E-state index contributed by atoms with van der Waals surface area (Å²) in [5.74, 6) is 0.290. The number of carbonyl (C=O) groups is 2. The predicted molar refractivity (Wildman–Crippen MR) is 66.9 cm³/mol. The minimum absolute atomic E-state index is 0.300. The van der Waals surface area contributed by atoms with Crippen molar-refractivity contribution >= 4 is 12.2 Å². The topological polar surface area (TPSA) is 69.4 Å². The van der Waals surface area contributed by atoms with Crippen LogP contribution < -0.4 is 10.5 Å². The number of primary amides is 1. The molecule has 0 saturated heterocycles. The van der Waals surface area contributed by atoms with E-state index in [1.807, 2.05) is 0 Å². The van der Waals surface area contributed by atoms with Crippen molar-refractivity contribution < 1.29 is 14.3 Å². The molecule has 0 bridgehead atoms. The molecule has 0 atom stereocenters. The average molecular weight is 241 g/mol. The molecular weight excluding hydrogens is 230 g/mol. The van der Waals surface area contributed by atoms with Crippen molar-refractivity contribution in [2.24, 2.45) is 5.73 Å². The van der Waals surface area contributed by atoms with Crippen molar-refractivity contribution in [3.05, 3.63) is 59.7 Å². The van der Waals surface area contributed by atoms with Gasteiger partial charge in [0.25, 0.3) is 5.91 Å². The SMILES string of the molecule is NC(=O)c1ccccc1Oc1cccc(C=O)c1. The molecule has 18 heavy (non-hydrogen) atoms. The van der Waals surface area contributed by atoms with Crippen LogP contribution in [0.5, 0.6) is 11.5 Å². The fraction of sp³-hybridized carbons (Fsp3) is 0. The van der Waals surface area contributed by atoms with Crippen LogP contribution in [0, 0.1) is 0 Å². The molecule has 0 unspecified atom stereocenters. The summed E-state index contributed by atoms with van der Waals surface area (Å²) in [7, 11) is 0. The van der Waals surface area contributed by atoms with Crippen LogP contribution in [0.4, 0.5) is 0 Å².